The van der Waals surface area contributed by atoms with E-state index in [1.54, 1.807) is 66.7 Å². The largest absolute Gasteiger partial charge is 0.371 e. The normalized spacial score (nSPS) is 20.1. The quantitative estimate of drug-likeness (QED) is 0.403. The van der Waals surface area contributed by atoms with Crippen molar-refractivity contribution in [1.82, 2.24) is 14.4 Å². The zero-order chi connectivity index (χ0) is 29.9. The van der Waals surface area contributed by atoms with E-state index in [0.29, 0.717) is 33.9 Å². The van der Waals surface area contributed by atoms with Crippen LogP contribution >= 0.6 is 0 Å². The van der Waals surface area contributed by atoms with Crippen LogP contribution in [0.15, 0.2) is 36.7 Å². The Balaban J connectivity index is 1.30. The van der Waals surface area contributed by atoms with E-state index in [9.17, 15) is 22.0 Å². The molecule has 1 amide bonds. The fraction of sp³-hybridized carbons (Fsp3) is 0.552. The van der Waals surface area contributed by atoms with Crippen molar-refractivity contribution in [2.24, 2.45) is 5.41 Å². The second kappa shape index (κ2) is 10.1. The summed E-state index contributed by atoms with van der Waals surface area (Å²) in [7, 11) is -3.67. The number of fused-ring (bicyclic) bond motifs is 1. The third-order valence-corrected chi connectivity index (χ3v) is 10.9. The number of rotatable bonds is 6. The maximum absolute atomic E-state index is 13.8. The first-order valence-electron chi connectivity index (χ1n) is 14.4. The first kappa shape index (κ1) is 28.6. The summed E-state index contributed by atoms with van der Waals surface area (Å²) >= 11 is 0. The van der Waals surface area contributed by atoms with E-state index in [-0.39, 0.29) is 31.7 Å². The Bertz CT molecular complexity index is 1610. The molecule has 2 aliphatic heterocycles. The number of nitrogens with zero attached hydrogens (tertiary/aromatic N) is 5. The molecule has 226 valence electrons. The lowest BCUT2D eigenvalue weighted by Crippen LogP contribution is -2.40. The number of carbonyl (C=O) groups excluding carboxylic acids is 1. The Morgan fingerprint density at radius 3 is 2.26 bits per heavy atom. The Morgan fingerprint density at radius 2 is 1.62 bits per heavy atom. The summed E-state index contributed by atoms with van der Waals surface area (Å²) in [5.41, 5.74) is 2.39. The van der Waals surface area contributed by atoms with E-state index in [1.807, 2.05) is 0 Å². The highest BCUT2D eigenvalue weighted by molar-refractivity contribution is 7.94. The van der Waals surface area contributed by atoms with Gasteiger partial charge in [0.2, 0.25) is 16.0 Å². The summed E-state index contributed by atoms with van der Waals surface area (Å²) in [5.74, 6) is -2.41. The van der Waals surface area contributed by atoms with Gasteiger partial charge in [-0.25, -0.2) is 22.2 Å². The summed E-state index contributed by atoms with van der Waals surface area (Å²) in [6, 6.07) is 6.60. The van der Waals surface area contributed by atoms with Gasteiger partial charge in [0.05, 0.1) is 21.7 Å². The Morgan fingerprint density at radius 1 is 0.952 bits per heavy atom. The first-order valence-corrected chi connectivity index (χ1v) is 15.9. The number of carbonyl (C=O) groups is 1. The van der Waals surface area contributed by atoms with Gasteiger partial charge in [0.25, 0.3) is 11.8 Å². The van der Waals surface area contributed by atoms with Gasteiger partial charge in [0, 0.05) is 57.5 Å². The third-order valence-electron chi connectivity index (χ3n) is 8.81. The second-order valence-corrected chi connectivity index (χ2v) is 15.3. The molecule has 2 aromatic heterocycles. The number of piperidine rings is 2. The van der Waals surface area contributed by atoms with Gasteiger partial charge in [-0.15, -0.1) is 0 Å². The highest BCUT2D eigenvalue weighted by Crippen LogP contribution is 2.54. The summed E-state index contributed by atoms with van der Waals surface area (Å²) in [4.78, 5) is 26.7. The lowest BCUT2D eigenvalue weighted by Gasteiger charge is -2.35. The van der Waals surface area contributed by atoms with Gasteiger partial charge in [-0.1, -0.05) is 0 Å². The number of sulfonamides is 1. The number of nitrogens with one attached hydrogen (secondary N) is 2. The molecule has 13 heteroatoms. The van der Waals surface area contributed by atoms with Crippen LogP contribution in [-0.2, 0) is 10.0 Å². The van der Waals surface area contributed by atoms with Crippen molar-refractivity contribution in [1.29, 1.82) is 0 Å². The van der Waals surface area contributed by atoms with Gasteiger partial charge in [-0.05, 0) is 70.1 Å². The van der Waals surface area contributed by atoms with Crippen LogP contribution in [0.4, 0.5) is 31.9 Å². The highest BCUT2D eigenvalue weighted by Gasteiger charge is 2.45. The fourth-order valence-electron chi connectivity index (χ4n) is 5.67. The molecule has 3 aliphatic rings. The molecule has 6 rings (SSSR count). The van der Waals surface area contributed by atoms with Gasteiger partial charge in [0.15, 0.2) is 0 Å². The van der Waals surface area contributed by atoms with Gasteiger partial charge in [-0.3, -0.25) is 13.9 Å². The van der Waals surface area contributed by atoms with Gasteiger partial charge in [0.1, 0.15) is 11.5 Å². The maximum atomic E-state index is 13.8. The number of alkyl halides is 2. The number of hydrogen-bond donors (Lipinski definition) is 2. The summed E-state index contributed by atoms with van der Waals surface area (Å²) in [6.45, 7) is 6.71. The third kappa shape index (κ3) is 5.62. The van der Waals surface area contributed by atoms with Crippen molar-refractivity contribution in [3.63, 3.8) is 0 Å². The van der Waals surface area contributed by atoms with Crippen LogP contribution in [0.25, 0.3) is 5.65 Å². The number of imidazole rings is 1. The zero-order valence-corrected chi connectivity index (χ0v) is 25.0. The standard InChI is InChI=1S/C29H37F2N7O3S/c1-27(2,3)42(40,41)35-20-4-5-21(22(18-20)36-13-8-28(6-7-28)9-14-36)25(39)33-23-19-24-32-12-17-38(24)26(34-23)37-15-10-29(30,31)11-16-37/h4-5,12,17-19,35H,6-11,13-16H2,1-3H3,(H,33,39). The van der Waals surface area contributed by atoms with E-state index >= 15 is 0 Å². The number of anilines is 4. The minimum Gasteiger partial charge on any atom is -0.371 e. The summed E-state index contributed by atoms with van der Waals surface area (Å²) < 4.78 is 56.8. The van der Waals surface area contributed by atoms with Crippen molar-refractivity contribution in [2.45, 2.75) is 70.0 Å². The molecule has 42 heavy (non-hydrogen) atoms. The van der Waals surface area contributed by atoms with Crippen LogP contribution in [0.5, 0.6) is 0 Å². The summed E-state index contributed by atoms with van der Waals surface area (Å²) in [6.07, 6.45) is 7.31. The summed E-state index contributed by atoms with van der Waals surface area (Å²) in [5, 5.41) is 2.89. The minimum absolute atomic E-state index is 0.136. The zero-order valence-electron chi connectivity index (χ0n) is 24.2. The molecule has 1 aromatic carbocycles. The molecule has 3 fully saturated rings. The number of halogens is 2. The van der Waals surface area contributed by atoms with Gasteiger partial charge < -0.3 is 15.1 Å². The number of benzene rings is 1. The second-order valence-electron chi connectivity index (χ2n) is 12.8. The fourth-order valence-corrected chi connectivity index (χ4v) is 6.41. The predicted molar refractivity (Wildman–Crippen MR) is 159 cm³/mol. The lowest BCUT2D eigenvalue weighted by molar-refractivity contribution is -0.0222. The monoisotopic (exact) mass is 601 g/mol. The van der Waals surface area contributed by atoms with Crippen LogP contribution in [0.2, 0.25) is 0 Å². The van der Waals surface area contributed by atoms with Crippen molar-refractivity contribution in [2.75, 3.05) is 46.0 Å². The average molecular weight is 602 g/mol. The smallest absolute Gasteiger partial charge is 0.258 e. The Kier molecular flexibility index (Phi) is 6.86. The van der Waals surface area contributed by atoms with Crippen LogP contribution in [0, 0.1) is 5.41 Å². The van der Waals surface area contributed by atoms with E-state index in [0.717, 1.165) is 25.9 Å². The van der Waals surface area contributed by atoms with Crippen LogP contribution in [-0.4, -0.2) is 65.5 Å². The van der Waals surface area contributed by atoms with Crippen molar-refractivity contribution in [3.8, 4) is 0 Å². The van der Waals surface area contributed by atoms with Crippen molar-refractivity contribution >= 4 is 44.7 Å². The van der Waals surface area contributed by atoms with E-state index in [2.05, 4.69) is 24.9 Å². The predicted octanol–water partition coefficient (Wildman–Crippen LogP) is 5.14. The molecular formula is C29H37F2N7O3S. The van der Waals surface area contributed by atoms with Gasteiger partial charge in [-0.2, -0.15) is 4.98 Å². The molecule has 10 nitrogen and oxygen atoms in total. The molecule has 1 saturated carbocycles. The van der Waals surface area contributed by atoms with Crippen molar-refractivity contribution in [3.05, 3.63) is 42.2 Å². The van der Waals surface area contributed by atoms with Crippen molar-refractivity contribution < 1.29 is 22.0 Å². The van der Waals surface area contributed by atoms with Crippen LogP contribution < -0.4 is 19.8 Å². The minimum atomic E-state index is -3.67. The Labute approximate surface area is 244 Å². The molecule has 3 aromatic rings. The number of hydrogen-bond acceptors (Lipinski definition) is 7. The Hall–Kier alpha value is -3.48. The first-order chi connectivity index (χ1) is 19.7. The molecule has 0 atom stereocenters. The highest BCUT2D eigenvalue weighted by atomic mass is 32.2. The molecule has 2 N–H and O–H groups in total. The molecule has 1 aliphatic carbocycles. The molecular weight excluding hydrogens is 564 g/mol. The molecule has 2 saturated heterocycles. The van der Waals surface area contributed by atoms with E-state index < -0.39 is 26.6 Å². The molecule has 0 radical (unpaired) electrons. The molecule has 0 unspecified atom stereocenters. The number of aromatic nitrogens is 3. The topological polar surface area (TPSA) is 112 Å². The molecule has 0 bridgehead atoms. The molecule has 1 spiro atoms. The average Bonchev–Trinajstić information content (AvgIpc) is 3.49. The van der Waals surface area contributed by atoms with Gasteiger partial charge >= 0.3 is 0 Å². The van der Waals surface area contributed by atoms with Crippen LogP contribution in [0.1, 0.15) is 69.7 Å². The number of amides is 1. The van der Waals surface area contributed by atoms with E-state index in [1.165, 1.54) is 12.8 Å². The molecule has 4 heterocycles. The SMILES string of the molecule is CC(C)(C)S(=O)(=O)Nc1ccc(C(=O)Nc2cc3nccn3c(N3CCC(F)(F)CC3)n2)c(N2CCC3(CC2)CC3)c1. The lowest BCUT2D eigenvalue weighted by atomic mass is 9.93. The maximum Gasteiger partial charge on any atom is 0.258 e. The van der Waals surface area contributed by atoms with E-state index in [4.69, 9.17) is 0 Å². The van der Waals surface area contributed by atoms with Crippen LogP contribution in [0.3, 0.4) is 0 Å².